The Balaban J connectivity index is 1.43. The maximum Gasteiger partial charge on any atom is 0.247 e. The minimum absolute atomic E-state index is 0.00982. The molecule has 0 radical (unpaired) electrons. The molecule has 2 bridgehead atoms. The van der Waals surface area contributed by atoms with Crippen molar-refractivity contribution < 1.29 is 13.2 Å². The highest BCUT2D eigenvalue weighted by Crippen LogP contribution is 2.41. The van der Waals surface area contributed by atoms with E-state index >= 15 is 0 Å². The molecule has 8 heteroatoms. The van der Waals surface area contributed by atoms with Crippen LogP contribution in [-0.2, 0) is 16.6 Å². The molecule has 1 N–H and O–H groups in total. The normalized spacial score (nSPS) is 24.1. The monoisotopic (exact) mass is 446 g/mol. The van der Waals surface area contributed by atoms with E-state index in [2.05, 4.69) is 41.1 Å². The predicted octanol–water partition coefficient (Wildman–Crippen LogP) is 3.63. The zero-order chi connectivity index (χ0) is 22.2. The second-order valence-corrected chi connectivity index (χ2v) is 10.6. The van der Waals surface area contributed by atoms with Gasteiger partial charge in [0, 0.05) is 31.5 Å². The topological polar surface area (TPSA) is 78.5 Å². The van der Waals surface area contributed by atoms with Gasteiger partial charge >= 0.3 is 0 Å². The van der Waals surface area contributed by atoms with E-state index < -0.39 is 10.0 Å². The summed E-state index contributed by atoms with van der Waals surface area (Å²) in [5.74, 6) is 0.866. The van der Waals surface area contributed by atoms with E-state index in [1.807, 2.05) is 12.1 Å². The minimum Gasteiger partial charge on any atom is -0.490 e. The third-order valence-electron chi connectivity index (χ3n) is 6.75. The van der Waals surface area contributed by atoms with Crippen molar-refractivity contribution in [1.29, 1.82) is 0 Å². The number of ether oxygens (including phenoxy) is 1. The van der Waals surface area contributed by atoms with Crippen LogP contribution in [0.4, 0.5) is 0 Å². The third kappa shape index (κ3) is 4.38. The van der Waals surface area contributed by atoms with Crippen LogP contribution in [0.2, 0.25) is 0 Å². The smallest absolute Gasteiger partial charge is 0.247 e. The molecule has 0 spiro atoms. The van der Waals surface area contributed by atoms with E-state index in [-0.39, 0.29) is 18.2 Å². The number of aromatic amines is 1. The van der Waals surface area contributed by atoms with Crippen molar-refractivity contribution in [2.24, 2.45) is 0 Å². The van der Waals surface area contributed by atoms with E-state index in [9.17, 15) is 8.42 Å². The summed E-state index contributed by atoms with van der Waals surface area (Å²) in [6, 6.07) is 8.33. The van der Waals surface area contributed by atoms with Crippen LogP contribution >= 0.6 is 0 Å². The molecule has 1 aromatic carbocycles. The van der Waals surface area contributed by atoms with Gasteiger partial charge in [-0.25, -0.2) is 8.42 Å². The fourth-order valence-electron chi connectivity index (χ4n) is 5.17. The fourth-order valence-corrected chi connectivity index (χ4v) is 7.40. The van der Waals surface area contributed by atoms with Crippen LogP contribution in [0.15, 0.2) is 29.2 Å². The molecule has 0 aliphatic carbocycles. The van der Waals surface area contributed by atoms with Crippen LogP contribution in [0.1, 0.15) is 56.5 Å². The number of hydrogen-bond acceptors (Lipinski definition) is 5. The molecule has 2 aromatic rings. The highest BCUT2D eigenvalue weighted by molar-refractivity contribution is 7.89. The lowest BCUT2D eigenvalue weighted by molar-refractivity contribution is 0.0956. The van der Waals surface area contributed by atoms with Crippen LogP contribution < -0.4 is 4.74 Å². The molecule has 0 amide bonds. The Hall–Kier alpha value is -1.90. The number of aromatic nitrogens is 2. The summed E-state index contributed by atoms with van der Waals surface area (Å²) in [5, 5.41) is 6.91. The molecule has 1 aromatic heterocycles. The molecular formula is C23H34N4O3S. The van der Waals surface area contributed by atoms with E-state index in [0.717, 1.165) is 51.1 Å². The fraction of sp³-hybridized carbons (Fsp3) is 0.609. The van der Waals surface area contributed by atoms with Crippen LogP contribution in [0.25, 0.3) is 0 Å². The van der Waals surface area contributed by atoms with Crippen molar-refractivity contribution in [1.82, 2.24) is 19.4 Å². The van der Waals surface area contributed by atoms with Crippen molar-refractivity contribution in [3.63, 3.8) is 0 Å². The van der Waals surface area contributed by atoms with Gasteiger partial charge in [0.25, 0.3) is 0 Å². The Kier molecular flexibility index (Phi) is 6.42. The van der Waals surface area contributed by atoms with Crippen LogP contribution in [0.3, 0.4) is 0 Å². The number of nitrogens with zero attached hydrogens (tertiary/aromatic N) is 3. The maximum absolute atomic E-state index is 13.4. The molecule has 7 nitrogen and oxygen atoms in total. The summed E-state index contributed by atoms with van der Waals surface area (Å²) in [4.78, 5) is 2.72. The number of fused-ring (bicyclic) bond motifs is 2. The molecular weight excluding hydrogens is 412 g/mol. The van der Waals surface area contributed by atoms with Crippen molar-refractivity contribution in [3.05, 3.63) is 41.2 Å². The molecule has 3 heterocycles. The van der Waals surface area contributed by atoms with Gasteiger partial charge in [-0.2, -0.15) is 9.40 Å². The summed E-state index contributed by atoms with van der Waals surface area (Å²) in [7, 11) is -3.56. The van der Waals surface area contributed by atoms with Gasteiger partial charge in [0.2, 0.25) is 10.0 Å². The summed E-state index contributed by atoms with van der Waals surface area (Å²) in [6.07, 6.45) is 3.29. The SMILES string of the molecule is CCN(CC)Cc1ccc(O[C@@H]2C[C@H]3CC[C@@H](C2)N3S(=O)(=O)c2c(C)n[nH]c2C)cc1. The lowest BCUT2D eigenvalue weighted by Gasteiger charge is -2.37. The molecule has 4 rings (SSSR count). The first-order chi connectivity index (χ1) is 14.8. The molecule has 31 heavy (non-hydrogen) atoms. The van der Waals surface area contributed by atoms with E-state index in [1.54, 1.807) is 18.2 Å². The van der Waals surface area contributed by atoms with Crippen molar-refractivity contribution >= 4 is 10.0 Å². The van der Waals surface area contributed by atoms with E-state index in [1.165, 1.54) is 5.56 Å². The van der Waals surface area contributed by atoms with Crippen molar-refractivity contribution in [3.8, 4) is 5.75 Å². The number of sulfonamides is 1. The molecule has 2 saturated heterocycles. The Morgan fingerprint density at radius 2 is 1.71 bits per heavy atom. The largest absolute Gasteiger partial charge is 0.490 e. The average molecular weight is 447 g/mol. The van der Waals surface area contributed by atoms with Crippen molar-refractivity contribution in [2.45, 2.75) is 83.0 Å². The average Bonchev–Trinajstić information content (AvgIpc) is 3.24. The highest BCUT2D eigenvalue weighted by atomic mass is 32.2. The summed E-state index contributed by atoms with van der Waals surface area (Å²) in [6.45, 7) is 10.9. The molecule has 0 saturated carbocycles. The third-order valence-corrected chi connectivity index (χ3v) is 9.01. The van der Waals surface area contributed by atoms with Gasteiger partial charge in [0.05, 0.1) is 11.4 Å². The van der Waals surface area contributed by atoms with Gasteiger partial charge in [-0.15, -0.1) is 0 Å². The second kappa shape index (κ2) is 8.92. The van der Waals surface area contributed by atoms with Gasteiger partial charge in [-0.05, 0) is 57.5 Å². The molecule has 0 unspecified atom stereocenters. The number of H-pyrrole nitrogens is 1. The van der Waals surface area contributed by atoms with Gasteiger partial charge in [0.15, 0.2) is 0 Å². The maximum atomic E-state index is 13.4. The lowest BCUT2D eigenvalue weighted by atomic mass is 10.0. The van der Waals surface area contributed by atoms with Crippen molar-refractivity contribution in [2.75, 3.05) is 13.1 Å². The van der Waals surface area contributed by atoms with Crippen LogP contribution in [0, 0.1) is 13.8 Å². The Bertz CT molecular complexity index is 965. The lowest BCUT2D eigenvalue weighted by Crippen LogP contribution is -2.49. The molecule has 2 fully saturated rings. The van der Waals surface area contributed by atoms with Crippen LogP contribution in [0.5, 0.6) is 5.75 Å². The molecule has 3 atom stereocenters. The Morgan fingerprint density at radius 1 is 1.10 bits per heavy atom. The molecule has 170 valence electrons. The zero-order valence-electron chi connectivity index (χ0n) is 19.0. The predicted molar refractivity (Wildman–Crippen MR) is 121 cm³/mol. The Labute approximate surface area is 185 Å². The molecule has 2 aliphatic rings. The number of hydrogen-bond donors (Lipinski definition) is 1. The summed E-state index contributed by atoms with van der Waals surface area (Å²) in [5.41, 5.74) is 2.43. The first-order valence-corrected chi connectivity index (χ1v) is 12.8. The number of benzene rings is 1. The summed E-state index contributed by atoms with van der Waals surface area (Å²) < 4.78 is 34.9. The number of nitrogens with one attached hydrogen (secondary N) is 1. The number of rotatable bonds is 8. The standard InChI is InChI=1S/C23H34N4O3S/c1-5-26(6-2)15-18-7-11-21(12-8-18)30-22-13-19-9-10-20(14-22)27(19)31(28,29)23-16(3)24-25-17(23)4/h7-8,11-12,19-20,22H,5-6,9-10,13-15H2,1-4H3,(H,24,25)/t19-,20+,22-. The quantitative estimate of drug-likeness (QED) is 0.670. The van der Waals surface area contributed by atoms with Gasteiger partial charge in [-0.3, -0.25) is 10.00 Å². The minimum atomic E-state index is -3.56. The Morgan fingerprint density at radius 3 is 2.23 bits per heavy atom. The van der Waals surface area contributed by atoms with E-state index in [4.69, 9.17) is 4.74 Å². The highest BCUT2D eigenvalue weighted by Gasteiger charge is 2.48. The van der Waals surface area contributed by atoms with Crippen LogP contribution in [-0.4, -0.2) is 59.1 Å². The first-order valence-electron chi connectivity index (χ1n) is 11.4. The van der Waals surface area contributed by atoms with Gasteiger partial charge in [-0.1, -0.05) is 26.0 Å². The second-order valence-electron chi connectivity index (χ2n) is 8.80. The number of aryl methyl sites for hydroxylation is 2. The summed E-state index contributed by atoms with van der Waals surface area (Å²) >= 11 is 0. The number of piperidine rings is 1. The van der Waals surface area contributed by atoms with E-state index in [0.29, 0.717) is 16.3 Å². The van der Waals surface area contributed by atoms with Gasteiger partial charge < -0.3 is 4.74 Å². The first kappa shape index (κ1) is 22.3. The zero-order valence-corrected chi connectivity index (χ0v) is 19.8. The van der Waals surface area contributed by atoms with Gasteiger partial charge in [0.1, 0.15) is 16.7 Å². The molecule has 2 aliphatic heterocycles.